The molecule has 1 unspecified atom stereocenters. The van der Waals surface area contributed by atoms with Crippen molar-refractivity contribution < 1.29 is 28.3 Å². The number of halogens is 1. The van der Waals surface area contributed by atoms with Crippen LogP contribution in [-0.2, 0) is 44.1 Å². The summed E-state index contributed by atoms with van der Waals surface area (Å²) >= 11 is 0. The van der Waals surface area contributed by atoms with Crippen LogP contribution in [0.3, 0.4) is 0 Å². The fourth-order valence-electron chi connectivity index (χ4n) is 5.42. The molecule has 2 aromatic rings. The number of aryl methyl sites for hydroxylation is 2. The lowest BCUT2D eigenvalue weighted by atomic mass is 9.94. The van der Waals surface area contributed by atoms with Crippen molar-refractivity contribution in [1.82, 2.24) is 9.80 Å². The maximum absolute atomic E-state index is 13.7. The molecule has 1 aliphatic carbocycles. The van der Waals surface area contributed by atoms with Crippen molar-refractivity contribution in [2.24, 2.45) is 5.73 Å². The molecule has 2 aliphatic heterocycles. The molecule has 1 fully saturated rings. The Hall–Kier alpha value is -3.79. The number of amides is 4. The number of carbonyl (C=O) groups excluding carboxylic acids is 4. The average molecular weight is 523 g/mol. The van der Waals surface area contributed by atoms with Crippen LogP contribution in [0.25, 0.3) is 0 Å². The Morgan fingerprint density at radius 2 is 1.89 bits per heavy atom. The Bertz CT molecular complexity index is 1350. The summed E-state index contributed by atoms with van der Waals surface area (Å²) in [6.45, 7) is 4.94. The largest absolute Gasteiger partial charge is 0.427 e. The first-order chi connectivity index (χ1) is 17.9. The summed E-state index contributed by atoms with van der Waals surface area (Å²) in [7, 11) is 0. The molecule has 1 spiro atoms. The summed E-state index contributed by atoms with van der Waals surface area (Å²) in [5.41, 5.74) is 6.87. The molecular formula is C28H31FN4O5. The van der Waals surface area contributed by atoms with Gasteiger partial charge in [-0.05, 0) is 81.0 Å². The molecule has 0 bridgehead atoms. The summed E-state index contributed by atoms with van der Waals surface area (Å²) in [4.78, 5) is 54.6. The van der Waals surface area contributed by atoms with Crippen molar-refractivity contribution in [3.8, 4) is 0 Å². The fourth-order valence-corrected chi connectivity index (χ4v) is 5.42. The minimum atomic E-state index is -1.49. The van der Waals surface area contributed by atoms with Crippen molar-refractivity contribution >= 4 is 29.5 Å². The van der Waals surface area contributed by atoms with Gasteiger partial charge in [-0.25, -0.2) is 14.1 Å². The lowest BCUT2D eigenvalue weighted by Gasteiger charge is -2.28. The number of carbonyl (C=O) groups is 4. The molecule has 2 aromatic carbocycles. The second-order valence-corrected chi connectivity index (χ2v) is 11.0. The fraction of sp³-hybridized carbons (Fsp3) is 0.429. The Balaban J connectivity index is 1.34. The number of nitrogens with two attached hydrogens (primary N) is 1. The molecule has 10 heteroatoms. The van der Waals surface area contributed by atoms with Crippen LogP contribution in [0.1, 0.15) is 55.9 Å². The first-order valence-electron chi connectivity index (χ1n) is 12.7. The molecule has 200 valence electrons. The topological polar surface area (TPSA) is 122 Å². The summed E-state index contributed by atoms with van der Waals surface area (Å²) in [6.07, 6.45) is 1.12. The molecule has 0 radical (unpaired) electrons. The predicted octanol–water partition coefficient (Wildman–Crippen LogP) is 2.99. The van der Waals surface area contributed by atoms with Gasteiger partial charge in [-0.3, -0.25) is 14.4 Å². The standard InChI is InChI=1S/C28H31FN4O5/c1-16-4-5-17-12-20(29)7-6-19(17)14-32(16)23(34)15-33-25(36)28(38-26(33)37)11-10-18-13-21(8-9-22(18)28)31-24(35)27(2,3)30/h6-9,12-13,16H,4-5,10-11,14-15,30H2,1-3H3,(H,31,35)/t16-,28?/m1/s1. The molecule has 2 heterocycles. The lowest BCUT2D eigenvalue weighted by Crippen LogP contribution is -2.46. The Morgan fingerprint density at radius 3 is 2.63 bits per heavy atom. The number of nitrogens with zero attached hydrogens (tertiary/aromatic N) is 2. The molecular weight excluding hydrogens is 491 g/mol. The molecule has 3 N–H and O–H groups in total. The van der Waals surface area contributed by atoms with Crippen molar-refractivity contribution in [1.29, 1.82) is 0 Å². The van der Waals surface area contributed by atoms with E-state index in [2.05, 4.69) is 5.32 Å². The van der Waals surface area contributed by atoms with Gasteiger partial charge in [-0.2, -0.15) is 0 Å². The third kappa shape index (κ3) is 4.42. The molecule has 0 saturated carbocycles. The monoisotopic (exact) mass is 522 g/mol. The molecule has 38 heavy (non-hydrogen) atoms. The number of imide groups is 1. The van der Waals surface area contributed by atoms with Crippen LogP contribution in [0.5, 0.6) is 0 Å². The van der Waals surface area contributed by atoms with Gasteiger partial charge in [0.15, 0.2) is 0 Å². The van der Waals surface area contributed by atoms with Crippen molar-refractivity contribution in [3.63, 3.8) is 0 Å². The quantitative estimate of drug-likeness (QED) is 0.637. The maximum Gasteiger partial charge on any atom is 0.418 e. The predicted molar refractivity (Wildman–Crippen MR) is 136 cm³/mol. The highest BCUT2D eigenvalue weighted by Crippen LogP contribution is 2.46. The Kier molecular flexibility index (Phi) is 6.25. The summed E-state index contributed by atoms with van der Waals surface area (Å²) in [5, 5.41) is 2.76. The smallest absolute Gasteiger partial charge is 0.418 e. The zero-order chi connectivity index (χ0) is 27.4. The van der Waals surface area contributed by atoms with Crippen LogP contribution in [-0.4, -0.2) is 51.7 Å². The second-order valence-electron chi connectivity index (χ2n) is 11.0. The second kappa shape index (κ2) is 9.20. The van der Waals surface area contributed by atoms with E-state index in [0.29, 0.717) is 30.5 Å². The average Bonchev–Trinajstić information content (AvgIpc) is 3.26. The van der Waals surface area contributed by atoms with E-state index in [1.165, 1.54) is 12.1 Å². The Morgan fingerprint density at radius 1 is 1.13 bits per heavy atom. The normalized spacial score (nSPS) is 22.7. The lowest BCUT2D eigenvalue weighted by molar-refractivity contribution is -0.143. The van der Waals surface area contributed by atoms with E-state index in [-0.39, 0.29) is 36.6 Å². The van der Waals surface area contributed by atoms with Gasteiger partial charge in [0.25, 0.3) is 5.91 Å². The van der Waals surface area contributed by atoms with Crippen LogP contribution >= 0.6 is 0 Å². The van der Waals surface area contributed by atoms with Crippen LogP contribution in [0.15, 0.2) is 36.4 Å². The number of benzene rings is 2. The van der Waals surface area contributed by atoms with E-state index in [1.54, 1.807) is 43.0 Å². The van der Waals surface area contributed by atoms with E-state index < -0.39 is 29.7 Å². The molecule has 2 atom stereocenters. The van der Waals surface area contributed by atoms with Gasteiger partial charge in [-0.1, -0.05) is 12.1 Å². The summed E-state index contributed by atoms with van der Waals surface area (Å²) in [5.74, 6) is -1.62. The highest BCUT2D eigenvalue weighted by Gasteiger charge is 2.58. The van der Waals surface area contributed by atoms with Crippen molar-refractivity contribution in [3.05, 3.63) is 64.5 Å². The molecule has 3 aliphatic rings. The number of hydrogen-bond donors (Lipinski definition) is 2. The number of fused-ring (bicyclic) bond motifs is 3. The van der Waals surface area contributed by atoms with Crippen molar-refractivity contribution in [2.75, 3.05) is 11.9 Å². The number of ether oxygens (including phenoxy) is 1. The zero-order valence-corrected chi connectivity index (χ0v) is 21.7. The van der Waals surface area contributed by atoms with E-state index in [9.17, 15) is 23.6 Å². The van der Waals surface area contributed by atoms with Gasteiger partial charge >= 0.3 is 6.09 Å². The molecule has 5 rings (SSSR count). The van der Waals surface area contributed by atoms with Gasteiger partial charge < -0.3 is 20.7 Å². The van der Waals surface area contributed by atoms with Gasteiger partial charge in [0.05, 0.1) is 5.54 Å². The SMILES string of the molecule is C[C@@H]1CCc2cc(F)ccc2CN1C(=O)CN1C(=O)OC2(CCc3cc(NC(=O)C(C)(C)N)ccc32)C1=O. The molecule has 0 aromatic heterocycles. The van der Waals surface area contributed by atoms with Crippen molar-refractivity contribution in [2.45, 2.75) is 70.2 Å². The summed E-state index contributed by atoms with van der Waals surface area (Å²) in [6, 6.07) is 9.45. The number of nitrogens with one attached hydrogen (secondary N) is 1. The highest BCUT2D eigenvalue weighted by molar-refractivity contribution is 6.06. The number of anilines is 1. The van der Waals surface area contributed by atoms with E-state index in [1.807, 2.05) is 6.92 Å². The highest BCUT2D eigenvalue weighted by atomic mass is 19.1. The van der Waals surface area contributed by atoms with Crippen LogP contribution in [0, 0.1) is 5.82 Å². The van der Waals surface area contributed by atoms with E-state index in [4.69, 9.17) is 10.5 Å². The minimum Gasteiger partial charge on any atom is -0.427 e. The first kappa shape index (κ1) is 25.8. The Labute approximate surface area is 220 Å². The maximum atomic E-state index is 13.7. The molecule has 4 amide bonds. The third-order valence-corrected chi connectivity index (χ3v) is 7.69. The van der Waals surface area contributed by atoms with E-state index >= 15 is 0 Å². The minimum absolute atomic E-state index is 0.153. The zero-order valence-electron chi connectivity index (χ0n) is 21.7. The van der Waals surface area contributed by atoms with Gasteiger partial charge in [0.2, 0.25) is 17.4 Å². The number of rotatable bonds is 4. The first-order valence-corrected chi connectivity index (χ1v) is 12.7. The van der Waals surface area contributed by atoms with E-state index in [0.717, 1.165) is 21.6 Å². The molecule has 1 saturated heterocycles. The summed E-state index contributed by atoms with van der Waals surface area (Å²) < 4.78 is 19.4. The van der Waals surface area contributed by atoms with Gasteiger partial charge in [-0.15, -0.1) is 0 Å². The molecule has 9 nitrogen and oxygen atoms in total. The van der Waals surface area contributed by atoms with Crippen LogP contribution in [0.4, 0.5) is 14.9 Å². The van der Waals surface area contributed by atoms with Crippen LogP contribution < -0.4 is 11.1 Å². The van der Waals surface area contributed by atoms with Gasteiger partial charge in [0, 0.05) is 30.3 Å². The van der Waals surface area contributed by atoms with Crippen LogP contribution in [0.2, 0.25) is 0 Å². The van der Waals surface area contributed by atoms with Gasteiger partial charge in [0.1, 0.15) is 12.4 Å². The number of hydrogen-bond acceptors (Lipinski definition) is 6. The third-order valence-electron chi connectivity index (χ3n) is 7.69.